The summed E-state index contributed by atoms with van der Waals surface area (Å²) < 4.78 is 1.10. The zero-order valence-electron chi connectivity index (χ0n) is 12.9. The fourth-order valence-corrected chi connectivity index (χ4v) is 3.61. The molecule has 4 rings (SSSR count). The molecule has 23 heavy (non-hydrogen) atoms. The number of pyridine rings is 1. The Labute approximate surface area is 145 Å². The van der Waals surface area contributed by atoms with Crippen LogP contribution in [0.5, 0.6) is 0 Å². The molecule has 0 saturated carbocycles. The van der Waals surface area contributed by atoms with Gasteiger partial charge in [0.1, 0.15) is 0 Å². The van der Waals surface area contributed by atoms with Crippen LogP contribution in [0, 0.1) is 0 Å². The van der Waals surface area contributed by atoms with Crippen molar-refractivity contribution >= 4 is 15.9 Å². The largest absolute Gasteiger partial charge is 0.253 e. The first-order valence-corrected chi connectivity index (χ1v) is 8.95. The Morgan fingerprint density at radius 1 is 0.783 bits per heavy atom. The molecule has 0 N–H and O–H groups in total. The van der Waals surface area contributed by atoms with E-state index in [1.807, 2.05) is 0 Å². The molecule has 0 saturated heterocycles. The van der Waals surface area contributed by atoms with E-state index in [9.17, 15) is 0 Å². The van der Waals surface area contributed by atoms with E-state index in [4.69, 9.17) is 4.98 Å². The summed E-state index contributed by atoms with van der Waals surface area (Å²) in [6.07, 6.45) is 4.76. The van der Waals surface area contributed by atoms with E-state index in [0.717, 1.165) is 23.0 Å². The highest BCUT2D eigenvalue weighted by Crippen LogP contribution is 2.34. The summed E-state index contributed by atoms with van der Waals surface area (Å²) in [5.41, 5.74) is 7.65. The Morgan fingerprint density at radius 3 is 2.30 bits per heavy atom. The average molecular weight is 364 g/mol. The lowest BCUT2D eigenvalue weighted by Crippen LogP contribution is -2.08. The predicted octanol–water partition coefficient (Wildman–Crippen LogP) is 6.06. The van der Waals surface area contributed by atoms with Crippen LogP contribution in [0.25, 0.3) is 22.4 Å². The monoisotopic (exact) mass is 363 g/mol. The molecule has 1 aliphatic rings. The second-order valence-electron chi connectivity index (χ2n) is 6.06. The van der Waals surface area contributed by atoms with E-state index in [1.165, 1.54) is 40.8 Å². The summed E-state index contributed by atoms with van der Waals surface area (Å²) in [5, 5.41) is 0. The quantitative estimate of drug-likeness (QED) is 0.539. The minimum absolute atomic E-state index is 1.08. The van der Waals surface area contributed by atoms with Crippen LogP contribution < -0.4 is 0 Å². The third-order valence-electron chi connectivity index (χ3n) is 4.53. The van der Waals surface area contributed by atoms with E-state index in [1.54, 1.807) is 0 Å². The van der Waals surface area contributed by atoms with Gasteiger partial charge in [-0.1, -0.05) is 58.4 Å². The van der Waals surface area contributed by atoms with Crippen LogP contribution in [0.4, 0.5) is 0 Å². The van der Waals surface area contributed by atoms with Crippen LogP contribution in [0.1, 0.15) is 24.1 Å². The molecule has 2 heteroatoms. The zero-order valence-corrected chi connectivity index (χ0v) is 14.5. The number of halogens is 1. The molecule has 1 nitrogen and oxygen atoms in total. The van der Waals surface area contributed by atoms with Gasteiger partial charge in [-0.15, -0.1) is 0 Å². The Morgan fingerprint density at radius 2 is 1.52 bits per heavy atom. The second-order valence-corrected chi connectivity index (χ2v) is 6.98. The average Bonchev–Trinajstić information content (AvgIpc) is 2.62. The van der Waals surface area contributed by atoms with Gasteiger partial charge in [0.2, 0.25) is 0 Å². The number of nitrogens with zero attached hydrogens (tertiary/aromatic N) is 1. The first-order valence-electron chi connectivity index (χ1n) is 8.15. The van der Waals surface area contributed by atoms with Crippen molar-refractivity contribution in [1.29, 1.82) is 0 Å². The molecule has 114 valence electrons. The molecule has 0 amide bonds. The number of fused-ring (bicyclic) bond motifs is 1. The fraction of sp³-hybridized carbons (Fsp3) is 0.190. The van der Waals surface area contributed by atoms with E-state index in [2.05, 4.69) is 76.6 Å². The number of hydrogen-bond donors (Lipinski definition) is 0. The fourth-order valence-electron chi connectivity index (χ4n) is 3.35. The van der Waals surface area contributed by atoms with Gasteiger partial charge in [0.25, 0.3) is 0 Å². The molecular formula is C21H18BrN. The van der Waals surface area contributed by atoms with Crippen molar-refractivity contribution in [2.75, 3.05) is 0 Å². The molecule has 1 aromatic heterocycles. The van der Waals surface area contributed by atoms with Crippen LogP contribution in [0.3, 0.4) is 0 Å². The van der Waals surface area contributed by atoms with Crippen LogP contribution in [0.2, 0.25) is 0 Å². The van der Waals surface area contributed by atoms with Gasteiger partial charge in [-0.3, -0.25) is 4.98 Å². The number of rotatable bonds is 2. The van der Waals surface area contributed by atoms with Gasteiger partial charge in [-0.05, 0) is 60.6 Å². The van der Waals surface area contributed by atoms with E-state index in [0.29, 0.717) is 0 Å². The van der Waals surface area contributed by atoms with E-state index < -0.39 is 0 Å². The highest BCUT2D eigenvalue weighted by molar-refractivity contribution is 9.10. The maximum absolute atomic E-state index is 4.98. The van der Waals surface area contributed by atoms with Crippen LogP contribution in [-0.4, -0.2) is 4.98 Å². The number of hydrogen-bond acceptors (Lipinski definition) is 1. The number of aromatic nitrogens is 1. The Balaban J connectivity index is 1.90. The van der Waals surface area contributed by atoms with Crippen molar-refractivity contribution in [2.45, 2.75) is 25.7 Å². The molecule has 2 aromatic carbocycles. The molecular weight excluding hydrogens is 346 g/mol. The Kier molecular flexibility index (Phi) is 4.00. The third kappa shape index (κ3) is 2.96. The van der Waals surface area contributed by atoms with Crippen molar-refractivity contribution in [3.05, 3.63) is 76.4 Å². The maximum Gasteiger partial charge on any atom is 0.0711 e. The number of aryl methyl sites for hydroxylation is 1. The first kappa shape index (κ1) is 14.6. The van der Waals surface area contributed by atoms with Crippen LogP contribution in [0.15, 0.2) is 65.1 Å². The van der Waals surface area contributed by atoms with Gasteiger partial charge in [0.15, 0.2) is 0 Å². The van der Waals surface area contributed by atoms with Crippen molar-refractivity contribution in [1.82, 2.24) is 4.98 Å². The highest BCUT2D eigenvalue weighted by atomic mass is 79.9. The predicted molar refractivity (Wildman–Crippen MR) is 99.5 cm³/mol. The van der Waals surface area contributed by atoms with E-state index in [-0.39, 0.29) is 0 Å². The molecule has 0 aliphatic heterocycles. The summed E-state index contributed by atoms with van der Waals surface area (Å²) in [6, 6.07) is 21.4. The van der Waals surface area contributed by atoms with Gasteiger partial charge in [0.05, 0.1) is 5.69 Å². The third-order valence-corrected chi connectivity index (χ3v) is 5.05. The summed E-state index contributed by atoms with van der Waals surface area (Å²) in [5.74, 6) is 0. The van der Waals surface area contributed by atoms with Gasteiger partial charge in [-0.25, -0.2) is 0 Å². The molecule has 0 bridgehead atoms. The summed E-state index contributed by atoms with van der Waals surface area (Å²) in [7, 11) is 0. The van der Waals surface area contributed by atoms with Crippen molar-refractivity contribution in [3.63, 3.8) is 0 Å². The maximum atomic E-state index is 4.98. The van der Waals surface area contributed by atoms with E-state index >= 15 is 0 Å². The minimum Gasteiger partial charge on any atom is -0.253 e. The Hall–Kier alpha value is -1.93. The molecule has 1 aliphatic carbocycles. The smallest absolute Gasteiger partial charge is 0.0711 e. The second kappa shape index (κ2) is 6.29. The van der Waals surface area contributed by atoms with Crippen LogP contribution >= 0.6 is 15.9 Å². The lowest BCUT2D eigenvalue weighted by molar-refractivity contribution is 0.670. The number of benzene rings is 2. The topological polar surface area (TPSA) is 12.9 Å². The summed E-state index contributed by atoms with van der Waals surface area (Å²) in [4.78, 5) is 4.98. The molecule has 0 atom stereocenters. The first-order chi connectivity index (χ1) is 11.3. The van der Waals surface area contributed by atoms with Gasteiger partial charge in [0, 0.05) is 15.7 Å². The van der Waals surface area contributed by atoms with Gasteiger partial charge in [-0.2, -0.15) is 0 Å². The van der Waals surface area contributed by atoms with Gasteiger partial charge < -0.3 is 0 Å². The normalized spacial score (nSPS) is 13.6. The SMILES string of the molecule is Brc1ccc(-c2cc(-c3ccccc3)c3c(n2)CCCC3)cc1. The molecule has 0 fully saturated rings. The zero-order chi connectivity index (χ0) is 15.6. The van der Waals surface area contributed by atoms with Crippen molar-refractivity contribution in [2.24, 2.45) is 0 Å². The lowest BCUT2D eigenvalue weighted by Gasteiger charge is -2.20. The summed E-state index contributed by atoms with van der Waals surface area (Å²) in [6.45, 7) is 0. The summed E-state index contributed by atoms with van der Waals surface area (Å²) >= 11 is 3.51. The Bertz CT molecular complexity index is 822. The van der Waals surface area contributed by atoms with Crippen LogP contribution in [-0.2, 0) is 12.8 Å². The lowest BCUT2D eigenvalue weighted by atomic mass is 9.88. The highest BCUT2D eigenvalue weighted by Gasteiger charge is 2.17. The molecule has 0 radical (unpaired) electrons. The van der Waals surface area contributed by atoms with Gasteiger partial charge >= 0.3 is 0 Å². The molecule has 0 unspecified atom stereocenters. The molecule has 0 spiro atoms. The molecule has 1 heterocycles. The molecule has 3 aromatic rings. The standard InChI is InChI=1S/C21H18BrN/c22-17-12-10-16(11-13-17)21-14-19(15-6-2-1-3-7-15)18-8-4-5-9-20(18)23-21/h1-3,6-7,10-14H,4-5,8-9H2. The minimum atomic E-state index is 1.08. The van der Waals surface area contributed by atoms with Crippen molar-refractivity contribution in [3.8, 4) is 22.4 Å². The van der Waals surface area contributed by atoms with Crippen molar-refractivity contribution < 1.29 is 0 Å².